The average molecular weight is 235 g/mol. The van der Waals surface area contributed by atoms with Gasteiger partial charge in [0.1, 0.15) is 9.58 Å². The highest BCUT2D eigenvalue weighted by Gasteiger charge is 2.26. The molecule has 0 aliphatic carbocycles. The van der Waals surface area contributed by atoms with Crippen LogP contribution in [0.3, 0.4) is 0 Å². The SMILES string of the molecule is NC(CC(=O)O)S(=O)(=O)c1cccs1. The summed E-state index contributed by atoms with van der Waals surface area (Å²) in [5.74, 6) is -1.22. The monoisotopic (exact) mass is 235 g/mol. The first-order chi connectivity index (χ1) is 6.44. The molecule has 0 aliphatic heterocycles. The lowest BCUT2D eigenvalue weighted by Gasteiger charge is -2.08. The predicted molar refractivity (Wildman–Crippen MR) is 51.7 cm³/mol. The van der Waals surface area contributed by atoms with E-state index < -0.39 is 27.6 Å². The Bertz CT molecular complexity index is 409. The molecule has 1 aromatic rings. The van der Waals surface area contributed by atoms with Crippen molar-refractivity contribution in [1.29, 1.82) is 0 Å². The third kappa shape index (κ3) is 2.31. The Morgan fingerprint density at radius 1 is 1.64 bits per heavy atom. The average Bonchev–Trinajstić information content (AvgIpc) is 2.54. The van der Waals surface area contributed by atoms with Gasteiger partial charge in [0, 0.05) is 0 Å². The molecule has 1 heterocycles. The zero-order valence-electron chi connectivity index (χ0n) is 7.08. The van der Waals surface area contributed by atoms with E-state index in [1.807, 2.05) is 0 Å². The maximum absolute atomic E-state index is 11.6. The fraction of sp³-hybridized carbons (Fsp3) is 0.286. The van der Waals surface area contributed by atoms with Crippen molar-refractivity contribution in [2.45, 2.75) is 16.0 Å². The number of rotatable bonds is 4. The van der Waals surface area contributed by atoms with Gasteiger partial charge in [0.25, 0.3) is 0 Å². The highest BCUT2D eigenvalue weighted by molar-refractivity contribution is 7.94. The summed E-state index contributed by atoms with van der Waals surface area (Å²) in [4.78, 5) is 10.3. The highest BCUT2D eigenvalue weighted by atomic mass is 32.2. The molecule has 1 rings (SSSR count). The fourth-order valence-corrected chi connectivity index (χ4v) is 3.31. The van der Waals surface area contributed by atoms with Gasteiger partial charge in [0.05, 0.1) is 6.42 Å². The van der Waals surface area contributed by atoms with Gasteiger partial charge in [-0.2, -0.15) is 0 Å². The Morgan fingerprint density at radius 3 is 2.71 bits per heavy atom. The molecule has 0 saturated carbocycles. The Balaban J connectivity index is 2.92. The molecule has 0 spiro atoms. The van der Waals surface area contributed by atoms with E-state index in [9.17, 15) is 13.2 Å². The van der Waals surface area contributed by atoms with Crippen molar-refractivity contribution in [3.05, 3.63) is 17.5 Å². The van der Waals surface area contributed by atoms with Crippen molar-refractivity contribution < 1.29 is 18.3 Å². The summed E-state index contributed by atoms with van der Waals surface area (Å²) >= 11 is 1.02. The van der Waals surface area contributed by atoms with E-state index in [1.165, 1.54) is 6.07 Å². The molecule has 5 nitrogen and oxygen atoms in total. The summed E-state index contributed by atoms with van der Waals surface area (Å²) in [6.07, 6.45) is -0.583. The molecule has 78 valence electrons. The molecular formula is C7H9NO4S2. The summed E-state index contributed by atoms with van der Waals surface area (Å²) in [5.41, 5.74) is 5.28. The number of aliphatic carboxylic acids is 1. The summed E-state index contributed by atoms with van der Waals surface area (Å²) in [7, 11) is -3.68. The second kappa shape index (κ2) is 4.07. The molecule has 0 amide bonds. The topological polar surface area (TPSA) is 97.5 Å². The molecule has 7 heteroatoms. The Kier molecular flexibility index (Phi) is 3.25. The van der Waals surface area contributed by atoms with Crippen LogP contribution in [0.15, 0.2) is 21.7 Å². The smallest absolute Gasteiger partial charge is 0.306 e. The van der Waals surface area contributed by atoms with Crippen LogP contribution in [0.4, 0.5) is 0 Å². The zero-order valence-corrected chi connectivity index (χ0v) is 8.72. The highest BCUT2D eigenvalue weighted by Crippen LogP contribution is 2.20. The minimum Gasteiger partial charge on any atom is -0.481 e. The van der Waals surface area contributed by atoms with Crippen LogP contribution in [0.2, 0.25) is 0 Å². The van der Waals surface area contributed by atoms with Gasteiger partial charge < -0.3 is 10.8 Å². The summed E-state index contributed by atoms with van der Waals surface area (Å²) in [6.45, 7) is 0. The number of carboxylic acids is 1. The van der Waals surface area contributed by atoms with Gasteiger partial charge in [-0.05, 0) is 11.4 Å². The van der Waals surface area contributed by atoms with Crippen LogP contribution >= 0.6 is 11.3 Å². The third-order valence-electron chi connectivity index (χ3n) is 1.55. The first kappa shape index (κ1) is 11.2. The maximum atomic E-state index is 11.6. The minimum atomic E-state index is -3.68. The standard InChI is InChI=1S/C7H9NO4S2/c8-5(4-6(9)10)14(11,12)7-2-1-3-13-7/h1-3,5H,4,8H2,(H,9,10). The van der Waals surface area contributed by atoms with Crippen LogP contribution in [0.1, 0.15) is 6.42 Å². The molecular weight excluding hydrogens is 226 g/mol. The van der Waals surface area contributed by atoms with Crippen LogP contribution in [0, 0.1) is 0 Å². The van der Waals surface area contributed by atoms with Crippen LogP contribution in [0.5, 0.6) is 0 Å². The Hall–Kier alpha value is -0.920. The second-order valence-electron chi connectivity index (χ2n) is 2.61. The lowest BCUT2D eigenvalue weighted by atomic mass is 10.4. The lowest BCUT2D eigenvalue weighted by molar-refractivity contribution is -0.137. The van der Waals surface area contributed by atoms with E-state index in [1.54, 1.807) is 11.4 Å². The number of nitrogens with two attached hydrogens (primary N) is 1. The van der Waals surface area contributed by atoms with Crippen molar-refractivity contribution >= 4 is 27.1 Å². The fourth-order valence-electron chi connectivity index (χ4n) is 0.856. The maximum Gasteiger partial charge on any atom is 0.306 e. The van der Waals surface area contributed by atoms with E-state index in [4.69, 9.17) is 10.8 Å². The van der Waals surface area contributed by atoms with Gasteiger partial charge in [-0.1, -0.05) is 6.07 Å². The van der Waals surface area contributed by atoms with Gasteiger partial charge in [-0.15, -0.1) is 11.3 Å². The van der Waals surface area contributed by atoms with Crippen molar-refractivity contribution in [2.24, 2.45) is 5.73 Å². The van der Waals surface area contributed by atoms with Crippen LogP contribution in [-0.4, -0.2) is 24.9 Å². The van der Waals surface area contributed by atoms with Gasteiger partial charge >= 0.3 is 5.97 Å². The molecule has 0 radical (unpaired) electrons. The van der Waals surface area contributed by atoms with E-state index >= 15 is 0 Å². The molecule has 0 aliphatic rings. The first-order valence-corrected chi connectivity index (χ1v) is 6.12. The van der Waals surface area contributed by atoms with Crippen molar-refractivity contribution in [3.8, 4) is 0 Å². The summed E-state index contributed by atoms with van der Waals surface area (Å²) < 4.78 is 23.2. The van der Waals surface area contributed by atoms with Crippen LogP contribution in [0.25, 0.3) is 0 Å². The summed E-state index contributed by atoms with van der Waals surface area (Å²) in [6, 6.07) is 2.98. The van der Waals surface area contributed by atoms with Crippen molar-refractivity contribution in [2.75, 3.05) is 0 Å². The van der Waals surface area contributed by atoms with Gasteiger partial charge in [-0.3, -0.25) is 4.79 Å². The number of thiophene rings is 1. The quantitative estimate of drug-likeness (QED) is 0.781. The van der Waals surface area contributed by atoms with Gasteiger partial charge in [0.2, 0.25) is 9.84 Å². The van der Waals surface area contributed by atoms with E-state index in [-0.39, 0.29) is 4.21 Å². The van der Waals surface area contributed by atoms with Crippen molar-refractivity contribution in [1.82, 2.24) is 0 Å². The number of carboxylic acid groups (broad SMARTS) is 1. The lowest BCUT2D eigenvalue weighted by Crippen LogP contribution is -2.32. The largest absolute Gasteiger partial charge is 0.481 e. The van der Waals surface area contributed by atoms with E-state index in [2.05, 4.69) is 0 Å². The molecule has 1 unspecified atom stereocenters. The molecule has 1 aromatic heterocycles. The number of sulfone groups is 1. The Labute approximate surface area is 85.1 Å². The molecule has 1 atom stereocenters. The molecule has 14 heavy (non-hydrogen) atoms. The molecule has 0 saturated heterocycles. The first-order valence-electron chi connectivity index (χ1n) is 3.69. The third-order valence-corrected chi connectivity index (χ3v) is 4.86. The van der Waals surface area contributed by atoms with Crippen LogP contribution in [-0.2, 0) is 14.6 Å². The number of hydrogen-bond donors (Lipinski definition) is 2. The molecule has 0 fully saturated rings. The van der Waals surface area contributed by atoms with Crippen molar-refractivity contribution in [3.63, 3.8) is 0 Å². The molecule has 3 N–H and O–H groups in total. The minimum absolute atomic E-state index is 0.103. The summed E-state index contributed by atoms with van der Waals surface area (Å²) in [5, 5.41) is 8.63. The molecule has 0 aromatic carbocycles. The zero-order chi connectivity index (χ0) is 10.8. The van der Waals surface area contributed by atoms with Gasteiger partial charge in [-0.25, -0.2) is 8.42 Å². The number of hydrogen-bond acceptors (Lipinski definition) is 5. The Morgan fingerprint density at radius 2 is 2.29 bits per heavy atom. The number of carbonyl (C=O) groups is 1. The van der Waals surface area contributed by atoms with E-state index in [0.29, 0.717) is 0 Å². The normalized spacial score (nSPS) is 13.8. The second-order valence-corrected chi connectivity index (χ2v) is 5.95. The van der Waals surface area contributed by atoms with Gasteiger partial charge in [0.15, 0.2) is 0 Å². The predicted octanol–water partition coefficient (Wildman–Crippen LogP) is 0.281. The van der Waals surface area contributed by atoms with E-state index in [0.717, 1.165) is 11.3 Å². The molecule has 0 bridgehead atoms. The van der Waals surface area contributed by atoms with Crippen LogP contribution < -0.4 is 5.73 Å².